The number of methoxy groups -OCH3 is 2. The normalized spacial score (nSPS) is 10.8. The SMILES string of the molecule is COc1ccc(-c2nn(-c3ccccc3)cc2C(=O)NNC(=O)Cc2c[nH]c3ccccc23)cc1OC. The fourth-order valence-electron chi connectivity index (χ4n) is 4.14. The van der Waals surface area contributed by atoms with Crippen LogP contribution < -0.4 is 20.3 Å². The monoisotopic (exact) mass is 495 g/mol. The number of H-pyrrole nitrogens is 1. The largest absolute Gasteiger partial charge is 0.493 e. The van der Waals surface area contributed by atoms with Crippen LogP contribution in [0.4, 0.5) is 0 Å². The van der Waals surface area contributed by atoms with Crippen LogP contribution in [0.3, 0.4) is 0 Å². The molecule has 0 atom stereocenters. The molecule has 3 aromatic carbocycles. The first kappa shape index (κ1) is 23.7. The maximum absolute atomic E-state index is 13.2. The highest BCUT2D eigenvalue weighted by Crippen LogP contribution is 2.33. The molecule has 0 aliphatic heterocycles. The highest BCUT2D eigenvalue weighted by Gasteiger charge is 2.21. The lowest BCUT2D eigenvalue weighted by molar-refractivity contribution is -0.121. The molecular weight excluding hydrogens is 470 g/mol. The van der Waals surface area contributed by atoms with Crippen molar-refractivity contribution >= 4 is 22.7 Å². The number of benzene rings is 3. The van der Waals surface area contributed by atoms with Crippen molar-refractivity contribution in [1.82, 2.24) is 25.6 Å². The van der Waals surface area contributed by atoms with Crippen LogP contribution >= 0.6 is 0 Å². The molecule has 0 aliphatic carbocycles. The molecule has 0 aliphatic rings. The number of rotatable bonds is 7. The fraction of sp³-hybridized carbons (Fsp3) is 0.107. The molecule has 0 bridgehead atoms. The zero-order valence-corrected chi connectivity index (χ0v) is 20.3. The van der Waals surface area contributed by atoms with Crippen LogP contribution in [-0.2, 0) is 11.2 Å². The van der Waals surface area contributed by atoms with E-state index in [1.807, 2.05) is 54.6 Å². The van der Waals surface area contributed by atoms with Gasteiger partial charge in [-0.15, -0.1) is 0 Å². The Bertz CT molecular complexity index is 1570. The number of aromatic nitrogens is 3. The molecule has 0 unspecified atom stereocenters. The molecule has 0 saturated heterocycles. The van der Waals surface area contributed by atoms with Crippen LogP contribution in [0, 0.1) is 0 Å². The molecule has 5 aromatic rings. The predicted molar refractivity (Wildman–Crippen MR) is 140 cm³/mol. The number of fused-ring (bicyclic) bond motifs is 1. The first-order valence-corrected chi connectivity index (χ1v) is 11.6. The maximum Gasteiger partial charge on any atom is 0.273 e. The van der Waals surface area contributed by atoms with Gasteiger partial charge in [0.1, 0.15) is 5.69 Å². The van der Waals surface area contributed by atoms with Gasteiger partial charge in [-0.25, -0.2) is 4.68 Å². The van der Waals surface area contributed by atoms with E-state index in [4.69, 9.17) is 9.47 Å². The van der Waals surface area contributed by atoms with E-state index in [-0.39, 0.29) is 17.9 Å². The average Bonchev–Trinajstić information content (AvgIpc) is 3.57. The van der Waals surface area contributed by atoms with Crippen molar-refractivity contribution in [1.29, 1.82) is 0 Å². The second kappa shape index (κ2) is 10.3. The van der Waals surface area contributed by atoms with Crippen molar-refractivity contribution in [3.05, 3.63) is 96.3 Å². The summed E-state index contributed by atoms with van der Waals surface area (Å²) in [6, 6.07) is 22.5. The van der Waals surface area contributed by atoms with E-state index in [0.29, 0.717) is 22.8 Å². The molecule has 9 nitrogen and oxygen atoms in total. The van der Waals surface area contributed by atoms with E-state index in [2.05, 4.69) is 20.9 Å². The summed E-state index contributed by atoms with van der Waals surface area (Å²) >= 11 is 0. The number of carbonyl (C=O) groups excluding carboxylic acids is 2. The molecule has 37 heavy (non-hydrogen) atoms. The summed E-state index contributed by atoms with van der Waals surface area (Å²) in [4.78, 5) is 29.0. The molecular formula is C28H25N5O4. The smallest absolute Gasteiger partial charge is 0.273 e. The topological polar surface area (TPSA) is 110 Å². The number of para-hydroxylation sites is 2. The van der Waals surface area contributed by atoms with E-state index in [9.17, 15) is 9.59 Å². The molecule has 9 heteroatoms. The highest BCUT2D eigenvalue weighted by molar-refractivity contribution is 6.01. The van der Waals surface area contributed by atoms with Gasteiger partial charge in [0.2, 0.25) is 5.91 Å². The minimum absolute atomic E-state index is 0.107. The minimum atomic E-state index is -0.501. The number of hydrazine groups is 1. The zero-order valence-electron chi connectivity index (χ0n) is 20.3. The summed E-state index contributed by atoms with van der Waals surface area (Å²) in [5, 5.41) is 5.63. The van der Waals surface area contributed by atoms with E-state index in [0.717, 1.165) is 22.2 Å². The summed E-state index contributed by atoms with van der Waals surface area (Å²) in [6.07, 6.45) is 3.53. The van der Waals surface area contributed by atoms with Crippen molar-refractivity contribution in [2.45, 2.75) is 6.42 Å². The Balaban J connectivity index is 1.40. The Morgan fingerprint density at radius 2 is 1.68 bits per heavy atom. The number of hydrogen-bond acceptors (Lipinski definition) is 5. The lowest BCUT2D eigenvalue weighted by Crippen LogP contribution is -2.42. The van der Waals surface area contributed by atoms with Crippen LogP contribution in [0.5, 0.6) is 11.5 Å². The van der Waals surface area contributed by atoms with Gasteiger partial charge < -0.3 is 14.5 Å². The van der Waals surface area contributed by atoms with Crippen LogP contribution in [0.25, 0.3) is 27.8 Å². The Morgan fingerprint density at radius 3 is 2.46 bits per heavy atom. The van der Waals surface area contributed by atoms with Crippen LogP contribution in [-0.4, -0.2) is 40.8 Å². The number of amides is 2. The lowest BCUT2D eigenvalue weighted by Gasteiger charge is -2.10. The van der Waals surface area contributed by atoms with Gasteiger partial charge in [-0.3, -0.25) is 20.4 Å². The maximum atomic E-state index is 13.2. The number of nitrogens with one attached hydrogen (secondary N) is 3. The molecule has 0 spiro atoms. The van der Waals surface area contributed by atoms with Gasteiger partial charge in [0, 0.05) is 28.9 Å². The van der Waals surface area contributed by atoms with E-state index in [1.54, 1.807) is 49.5 Å². The number of ether oxygens (including phenoxy) is 2. The molecule has 0 saturated carbocycles. The minimum Gasteiger partial charge on any atom is -0.493 e. The van der Waals surface area contributed by atoms with E-state index >= 15 is 0 Å². The van der Waals surface area contributed by atoms with Crippen molar-refractivity contribution in [2.75, 3.05) is 14.2 Å². The zero-order chi connectivity index (χ0) is 25.8. The number of hydrogen-bond donors (Lipinski definition) is 3. The average molecular weight is 496 g/mol. The third kappa shape index (κ3) is 4.87. The fourth-order valence-corrected chi connectivity index (χ4v) is 4.14. The van der Waals surface area contributed by atoms with Crippen molar-refractivity contribution < 1.29 is 19.1 Å². The van der Waals surface area contributed by atoms with E-state index < -0.39 is 5.91 Å². The summed E-state index contributed by atoms with van der Waals surface area (Å²) < 4.78 is 12.4. The molecule has 2 aromatic heterocycles. The molecule has 2 amide bonds. The third-order valence-corrected chi connectivity index (χ3v) is 5.98. The third-order valence-electron chi connectivity index (χ3n) is 5.98. The standard InChI is InChI=1S/C28H25N5O4/c1-36-24-13-12-18(14-25(24)37-2)27-22(17-33(32-27)20-8-4-3-5-9-20)28(35)31-30-26(34)15-19-16-29-23-11-7-6-10-21(19)23/h3-14,16-17,29H,15H2,1-2H3,(H,30,34)(H,31,35). The number of carbonyl (C=O) groups is 2. The van der Waals surface area contributed by atoms with Gasteiger partial charge in [-0.2, -0.15) is 5.10 Å². The Morgan fingerprint density at radius 1 is 0.919 bits per heavy atom. The summed E-state index contributed by atoms with van der Waals surface area (Å²) in [5.74, 6) is 0.220. The highest BCUT2D eigenvalue weighted by atomic mass is 16.5. The van der Waals surface area contributed by atoms with Crippen molar-refractivity contribution in [3.8, 4) is 28.4 Å². The molecule has 0 fully saturated rings. The summed E-state index contributed by atoms with van der Waals surface area (Å²) in [6.45, 7) is 0. The first-order chi connectivity index (χ1) is 18.1. The molecule has 0 radical (unpaired) electrons. The second-order valence-electron chi connectivity index (χ2n) is 8.28. The summed E-state index contributed by atoms with van der Waals surface area (Å²) in [5.41, 5.74) is 8.97. The van der Waals surface area contributed by atoms with Crippen LogP contribution in [0.2, 0.25) is 0 Å². The van der Waals surface area contributed by atoms with Crippen LogP contribution in [0.15, 0.2) is 85.2 Å². The Kier molecular flexibility index (Phi) is 6.58. The van der Waals surface area contributed by atoms with Gasteiger partial charge in [-0.05, 0) is 42.0 Å². The van der Waals surface area contributed by atoms with Gasteiger partial charge in [0.25, 0.3) is 5.91 Å². The van der Waals surface area contributed by atoms with Crippen LogP contribution in [0.1, 0.15) is 15.9 Å². The van der Waals surface area contributed by atoms with Gasteiger partial charge >= 0.3 is 0 Å². The Labute approximate surface area is 213 Å². The van der Waals surface area contributed by atoms with E-state index in [1.165, 1.54) is 0 Å². The predicted octanol–water partition coefficient (Wildman–Crippen LogP) is 4.04. The molecule has 2 heterocycles. The second-order valence-corrected chi connectivity index (χ2v) is 8.28. The van der Waals surface area contributed by atoms with Gasteiger partial charge in [0.05, 0.1) is 31.9 Å². The Hall–Kier alpha value is -5.05. The molecule has 5 rings (SSSR count). The van der Waals surface area contributed by atoms with Crippen molar-refractivity contribution in [2.24, 2.45) is 0 Å². The number of nitrogens with zero attached hydrogens (tertiary/aromatic N) is 2. The van der Waals surface area contributed by atoms with Gasteiger partial charge in [0.15, 0.2) is 11.5 Å². The van der Waals surface area contributed by atoms with Gasteiger partial charge in [-0.1, -0.05) is 36.4 Å². The number of aromatic amines is 1. The quantitative estimate of drug-likeness (QED) is 0.295. The lowest BCUT2D eigenvalue weighted by atomic mass is 10.1. The first-order valence-electron chi connectivity index (χ1n) is 11.6. The molecule has 186 valence electrons. The summed E-state index contributed by atoms with van der Waals surface area (Å²) in [7, 11) is 3.10. The molecule has 3 N–H and O–H groups in total. The van der Waals surface area contributed by atoms with Crippen molar-refractivity contribution in [3.63, 3.8) is 0 Å².